The maximum Gasteiger partial charge on any atom is 0.194 e. The number of aromatic nitrogens is 2. The van der Waals surface area contributed by atoms with Crippen LogP contribution >= 0.6 is 0 Å². The Morgan fingerprint density at radius 3 is 2.15 bits per heavy atom. The number of carbonyl (C=O) groups is 2. The summed E-state index contributed by atoms with van der Waals surface area (Å²) in [5, 5.41) is 0. The first kappa shape index (κ1) is 11.1. The molecule has 0 spiro atoms. The molecule has 20 heavy (non-hydrogen) atoms. The SMILES string of the molecule is Cc1nc2cc3c(cc2[nH]1)C(=O)c1ccccc1C3=O. The van der Waals surface area contributed by atoms with E-state index in [4.69, 9.17) is 0 Å². The van der Waals surface area contributed by atoms with Crippen LogP contribution in [0.25, 0.3) is 11.0 Å². The molecule has 0 fully saturated rings. The number of nitrogens with one attached hydrogen (secondary N) is 1. The second-order valence-corrected chi connectivity index (χ2v) is 4.94. The predicted octanol–water partition coefficient (Wildman–Crippen LogP) is 2.65. The molecule has 1 aromatic heterocycles. The molecule has 0 radical (unpaired) electrons. The monoisotopic (exact) mass is 262 g/mol. The van der Waals surface area contributed by atoms with Crippen molar-refractivity contribution in [1.82, 2.24) is 9.97 Å². The number of rotatable bonds is 0. The molecule has 0 amide bonds. The van der Waals surface area contributed by atoms with Crippen LogP contribution in [0.1, 0.15) is 37.7 Å². The molecule has 0 aliphatic heterocycles. The van der Waals surface area contributed by atoms with Crippen molar-refractivity contribution >= 4 is 22.6 Å². The Bertz CT molecular complexity index is 834. The Morgan fingerprint density at radius 1 is 0.900 bits per heavy atom. The van der Waals surface area contributed by atoms with Crippen molar-refractivity contribution in [2.75, 3.05) is 0 Å². The molecule has 4 heteroatoms. The molecular weight excluding hydrogens is 252 g/mol. The minimum absolute atomic E-state index is 0.107. The summed E-state index contributed by atoms with van der Waals surface area (Å²) < 4.78 is 0. The van der Waals surface area contributed by atoms with Gasteiger partial charge in [0.15, 0.2) is 11.6 Å². The molecule has 1 heterocycles. The van der Waals surface area contributed by atoms with Gasteiger partial charge in [-0.1, -0.05) is 24.3 Å². The molecule has 0 saturated carbocycles. The molecule has 1 aliphatic carbocycles. The van der Waals surface area contributed by atoms with Crippen molar-refractivity contribution in [3.05, 3.63) is 64.5 Å². The van der Waals surface area contributed by atoms with Crippen LogP contribution in [0.3, 0.4) is 0 Å². The molecule has 0 unspecified atom stereocenters. The van der Waals surface area contributed by atoms with E-state index in [1.54, 1.807) is 36.4 Å². The van der Waals surface area contributed by atoms with Gasteiger partial charge in [-0.2, -0.15) is 0 Å². The maximum absolute atomic E-state index is 12.5. The Balaban J connectivity index is 2.07. The Kier molecular flexibility index (Phi) is 2.02. The molecule has 4 nitrogen and oxygen atoms in total. The molecule has 1 N–H and O–H groups in total. The number of aromatic amines is 1. The molecule has 4 rings (SSSR count). The normalized spacial score (nSPS) is 13.4. The van der Waals surface area contributed by atoms with Crippen LogP contribution in [0.15, 0.2) is 36.4 Å². The van der Waals surface area contributed by atoms with Crippen LogP contribution in [0.5, 0.6) is 0 Å². The standard InChI is InChI=1S/C16H10N2O2/c1-8-17-13-6-11-12(7-14(13)18-8)16(20)10-5-3-2-4-9(10)15(11)19/h2-7H,1H3,(H,17,18). The lowest BCUT2D eigenvalue weighted by atomic mass is 9.84. The van der Waals surface area contributed by atoms with Crippen molar-refractivity contribution in [2.24, 2.45) is 0 Å². The largest absolute Gasteiger partial charge is 0.342 e. The fourth-order valence-electron chi connectivity index (χ4n) is 2.73. The summed E-state index contributed by atoms with van der Waals surface area (Å²) in [7, 11) is 0. The number of H-pyrrole nitrogens is 1. The lowest BCUT2D eigenvalue weighted by Gasteiger charge is -2.16. The van der Waals surface area contributed by atoms with Gasteiger partial charge in [0.05, 0.1) is 11.0 Å². The molecule has 1 aliphatic rings. The number of benzene rings is 2. The Morgan fingerprint density at radius 2 is 1.50 bits per heavy atom. The third kappa shape index (κ3) is 1.33. The summed E-state index contributed by atoms with van der Waals surface area (Å²) in [4.78, 5) is 32.4. The summed E-state index contributed by atoms with van der Waals surface area (Å²) in [5.41, 5.74) is 3.32. The number of fused-ring (bicyclic) bond motifs is 3. The number of imidazole rings is 1. The molecule has 0 saturated heterocycles. The molecule has 0 bridgehead atoms. The summed E-state index contributed by atoms with van der Waals surface area (Å²) in [6.45, 7) is 1.84. The van der Waals surface area contributed by atoms with E-state index in [2.05, 4.69) is 9.97 Å². The predicted molar refractivity (Wildman–Crippen MR) is 74.1 cm³/mol. The summed E-state index contributed by atoms with van der Waals surface area (Å²) in [6.07, 6.45) is 0. The van der Waals surface area contributed by atoms with E-state index in [-0.39, 0.29) is 11.6 Å². The first-order valence-electron chi connectivity index (χ1n) is 6.34. The first-order chi connectivity index (χ1) is 9.65. The van der Waals surface area contributed by atoms with E-state index in [0.29, 0.717) is 27.8 Å². The van der Waals surface area contributed by atoms with Crippen LogP contribution in [0.2, 0.25) is 0 Å². The first-order valence-corrected chi connectivity index (χ1v) is 6.34. The van der Waals surface area contributed by atoms with E-state index < -0.39 is 0 Å². The van der Waals surface area contributed by atoms with Crippen molar-refractivity contribution < 1.29 is 9.59 Å². The third-order valence-corrected chi connectivity index (χ3v) is 3.65. The summed E-state index contributed by atoms with van der Waals surface area (Å²) in [6, 6.07) is 10.4. The molecule has 2 aromatic carbocycles. The highest BCUT2D eigenvalue weighted by molar-refractivity contribution is 6.29. The number of carbonyl (C=O) groups excluding carboxylic acids is 2. The van der Waals surface area contributed by atoms with Crippen LogP contribution in [-0.4, -0.2) is 21.5 Å². The quantitative estimate of drug-likeness (QED) is 0.530. The van der Waals surface area contributed by atoms with Crippen LogP contribution in [-0.2, 0) is 0 Å². The average Bonchev–Trinajstić information content (AvgIpc) is 2.82. The highest BCUT2D eigenvalue weighted by Crippen LogP contribution is 2.29. The highest BCUT2D eigenvalue weighted by atomic mass is 16.1. The van der Waals surface area contributed by atoms with Crippen molar-refractivity contribution in [1.29, 1.82) is 0 Å². The fraction of sp³-hybridized carbons (Fsp3) is 0.0625. The number of hydrogen-bond acceptors (Lipinski definition) is 3. The smallest absolute Gasteiger partial charge is 0.194 e. The van der Waals surface area contributed by atoms with Crippen LogP contribution in [0.4, 0.5) is 0 Å². The molecule has 3 aromatic rings. The van der Waals surface area contributed by atoms with Gasteiger partial charge in [0.2, 0.25) is 0 Å². The van der Waals surface area contributed by atoms with E-state index in [1.807, 2.05) is 6.92 Å². The van der Waals surface area contributed by atoms with Crippen LogP contribution < -0.4 is 0 Å². The number of hydrogen-bond donors (Lipinski definition) is 1. The van der Waals surface area contributed by atoms with Gasteiger partial charge in [0.25, 0.3) is 0 Å². The number of aryl methyl sites for hydroxylation is 1. The van der Waals surface area contributed by atoms with Gasteiger partial charge in [0, 0.05) is 22.3 Å². The zero-order valence-electron chi connectivity index (χ0n) is 10.7. The van der Waals surface area contributed by atoms with Crippen molar-refractivity contribution in [2.45, 2.75) is 6.92 Å². The van der Waals surface area contributed by atoms with E-state index in [0.717, 1.165) is 11.3 Å². The molecule has 0 atom stereocenters. The van der Waals surface area contributed by atoms with Gasteiger partial charge >= 0.3 is 0 Å². The minimum Gasteiger partial charge on any atom is -0.342 e. The Labute approximate surface area is 114 Å². The van der Waals surface area contributed by atoms with E-state index in [1.165, 1.54) is 0 Å². The van der Waals surface area contributed by atoms with Gasteiger partial charge in [0.1, 0.15) is 5.82 Å². The average molecular weight is 262 g/mol. The number of ketones is 2. The molecular formula is C16H10N2O2. The Hall–Kier alpha value is -2.75. The molecule has 96 valence electrons. The van der Waals surface area contributed by atoms with Gasteiger partial charge in [-0.05, 0) is 19.1 Å². The topological polar surface area (TPSA) is 62.8 Å². The van der Waals surface area contributed by atoms with Gasteiger partial charge in [-0.3, -0.25) is 9.59 Å². The minimum atomic E-state index is -0.113. The van der Waals surface area contributed by atoms with Crippen LogP contribution in [0, 0.1) is 6.92 Å². The fourth-order valence-corrected chi connectivity index (χ4v) is 2.73. The summed E-state index contributed by atoms with van der Waals surface area (Å²) >= 11 is 0. The van der Waals surface area contributed by atoms with Crippen molar-refractivity contribution in [3.63, 3.8) is 0 Å². The second-order valence-electron chi connectivity index (χ2n) is 4.94. The zero-order chi connectivity index (χ0) is 13.9. The maximum atomic E-state index is 12.5. The highest BCUT2D eigenvalue weighted by Gasteiger charge is 2.29. The summed E-state index contributed by atoms with van der Waals surface area (Å²) in [5.74, 6) is 0.543. The lowest BCUT2D eigenvalue weighted by molar-refractivity contribution is 0.0979. The lowest BCUT2D eigenvalue weighted by Crippen LogP contribution is -2.20. The van der Waals surface area contributed by atoms with Gasteiger partial charge < -0.3 is 4.98 Å². The van der Waals surface area contributed by atoms with Gasteiger partial charge in [-0.25, -0.2) is 4.98 Å². The van der Waals surface area contributed by atoms with Gasteiger partial charge in [-0.15, -0.1) is 0 Å². The number of nitrogens with zero attached hydrogens (tertiary/aromatic N) is 1. The zero-order valence-corrected chi connectivity index (χ0v) is 10.7. The van der Waals surface area contributed by atoms with E-state index >= 15 is 0 Å². The van der Waals surface area contributed by atoms with Crippen molar-refractivity contribution in [3.8, 4) is 0 Å². The van der Waals surface area contributed by atoms with E-state index in [9.17, 15) is 9.59 Å². The second kappa shape index (κ2) is 3.63. The third-order valence-electron chi connectivity index (χ3n) is 3.65.